The number of carbonyl (C=O) groups is 2. The average Bonchev–Trinajstić information content (AvgIpc) is 2.20. The van der Waals surface area contributed by atoms with E-state index in [0.717, 1.165) is 0 Å². The molecule has 3 N–H and O–H groups in total. The Morgan fingerprint density at radius 2 is 2.27 bits per heavy atom. The summed E-state index contributed by atoms with van der Waals surface area (Å²) in [7, 11) is 1.46. The molecule has 0 rings (SSSR count). The maximum atomic E-state index is 11.1. The summed E-state index contributed by atoms with van der Waals surface area (Å²) >= 11 is 0. The van der Waals surface area contributed by atoms with Crippen molar-refractivity contribution in [3.8, 4) is 12.3 Å². The van der Waals surface area contributed by atoms with E-state index in [1.54, 1.807) is 0 Å². The van der Waals surface area contributed by atoms with E-state index < -0.39 is 18.0 Å². The fourth-order valence-electron chi connectivity index (χ4n) is 0.834. The summed E-state index contributed by atoms with van der Waals surface area (Å²) in [6, 6.07) is -1.57. The van der Waals surface area contributed by atoms with Gasteiger partial charge in [0.2, 0.25) is 0 Å². The van der Waals surface area contributed by atoms with Crippen LogP contribution in [-0.2, 0) is 9.53 Å². The van der Waals surface area contributed by atoms with Crippen LogP contribution in [0.1, 0.15) is 6.42 Å². The maximum Gasteiger partial charge on any atom is 0.326 e. The zero-order valence-electron chi connectivity index (χ0n) is 8.45. The molecule has 1 unspecified atom stereocenters. The van der Waals surface area contributed by atoms with Gasteiger partial charge in [-0.05, 0) is 0 Å². The number of rotatable bonds is 6. The SMILES string of the molecule is C#CCNC(=O)NC(CCOC)C(=O)O. The summed E-state index contributed by atoms with van der Waals surface area (Å²) in [5.41, 5.74) is 0. The van der Waals surface area contributed by atoms with Crippen LogP contribution < -0.4 is 10.6 Å². The van der Waals surface area contributed by atoms with E-state index in [1.807, 2.05) is 0 Å². The van der Waals surface area contributed by atoms with E-state index in [-0.39, 0.29) is 19.6 Å². The molecule has 6 nitrogen and oxygen atoms in total. The highest BCUT2D eigenvalue weighted by molar-refractivity contribution is 5.82. The molecule has 0 heterocycles. The van der Waals surface area contributed by atoms with Gasteiger partial charge in [0.25, 0.3) is 0 Å². The summed E-state index contributed by atoms with van der Waals surface area (Å²) in [6.45, 7) is 0.314. The van der Waals surface area contributed by atoms with Crippen molar-refractivity contribution < 1.29 is 19.4 Å². The molecule has 0 aromatic heterocycles. The van der Waals surface area contributed by atoms with Crippen LogP contribution in [0, 0.1) is 12.3 Å². The summed E-state index contributed by atoms with van der Waals surface area (Å²) in [4.78, 5) is 21.7. The first-order chi connectivity index (χ1) is 7.11. The molecule has 6 heteroatoms. The van der Waals surface area contributed by atoms with Crippen molar-refractivity contribution in [3.05, 3.63) is 0 Å². The van der Waals surface area contributed by atoms with Gasteiger partial charge in [0, 0.05) is 20.1 Å². The summed E-state index contributed by atoms with van der Waals surface area (Å²) in [5, 5.41) is 13.3. The lowest BCUT2D eigenvalue weighted by Crippen LogP contribution is -2.46. The first-order valence-electron chi connectivity index (χ1n) is 4.31. The van der Waals surface area contributed by atoms with Crippen molar-refractivity contribution in [2.24, 2.45) is 0 Å². The molecule has 84 valence electrons. The number of ether oxygens (including phenoxy) is 1. The van der Waals surface area contributed by atoms with Crippen LogP contribution in [0.5, 0.6) is 0 Å². The molecule has 0 radical (unpaired) electrons. The molecule has 0 spiro atoms. The van der Waals surface area contributed by atoms with Crippen molar-refractivity contribution in [2.45, 2.75) is 12.5 Å². The van der Waals surface area contributed by atoms with Gasteiger partial charge in [0.1, 0.15) is 6.04 Å². The first-order valence-corrected chi connectivity index (χ1v) is 4.31. The van der Waals surface area contributed by atoms with E-state index >= 15 is 0 Å². The highest BCUT2D eigenvalue weighted by Gasteiger charge is 2.18. The quantitative estimate of drug-likeness (QED) is 0.516. The van der Waals surface area contributed by atoms with Gasteiger partial charge in [-0.15, -0.1) is 6.42 Å². The van der Waals surface area contributed by atoms with Crippen LogP contribution >= 0.6 is 0 Å². The molecule has 0 saturated carbocycles. The van der Waals surface area contributed by atoms with Crippen LogP contribution in [0.25, 0.3) is 0 Å². The number of aliphatic carboxylic acids is 1. The summed E-state index contributed by atoms with van der Waals surface area (Å²) in [5.74, 6) is 1.09. The van der Waals surface area contributed by atoms with Gasteiger partial charge in [-0.25, -0.2) is 9.59 Å². The predicted molar refractivity (Wildman–Crippen MR) is 53.3 cm³/mol. The van der Waals surface area contributed by atoms with E-state index in [0.29, 0.717) is 0 Å². The highest BCUT2D eigenvalue weighted by atomic mass is 16.5. The molecule has 15 heavy (non-hydrogen) atoms. The van der Waals surface area contributed by atoms with Gasteiger partial charge in [-0.2, -0.15) is 0 Å². The second-order valence-electron chi connectivity index (χ2n) is 2.70. The molecule has 2 amide bonds. The number of hydrogen-bond acceptors (Lipinski definition) is 3. The van der Waals surface area contributed by atoms with E-state index in [1.165, 1.54) is 7.11 Å². The lowest BCUT2D eigenvalue weighted by atomic mass is 10.2. The molecule has 0 aromatic carbocycles. The molecule has 0 aliphatic carbocycles. The second-order valence-corrected chi connectivity index (χ2v) is 2.70. The molecule has 0 aliphatic rings. The molecule has 0 fully saturated rings. The predicted octanol–water partition coefficient (Wildman–Crippen LogP) is -0.591. The number of amides is 2. The third-order valence-corrected chi connectivity index (χ3v) is 1.57. The van der Waals surface area contributed by atoms with Crippen molar-refractivity contribution in [1.82, 2.24) is 10.6 Å². The topological polar surface area (TPSA) is 87.7 Å². The maximum absolute atomic E-state index is 11.1. The van der Waals surface area contributed by atoms with Gasteiger partial charge in [0.05, 0.1) is 6.54 Å². The van der Waals surface area contributed by atoms with Crippen LogP contribution in [0.3, 0.4) is 0 Å². The van der Waals surface area contributed by atoms with Crippen molar-refractivity contribution in [3.63, 3.8) is 0 Å². The highest BCUT2D eigenvalue weighted by Crippen LogP contribution is 1.92. The molecule has 0 aromatic rings. The summed E-state index contributed by atoms with van der Waals surface area (Å²) < 4.78 is 4.72. The molecular weight excluding hydrogens is 200 g/mol. The van der Waals surface area contributed by atoms with E-state index in [2.05, 4.69) is 16.6 Å². The Bertz CT molecular complexity index is 259. The minimum atomic E-state index is -1.11. The molecule has 1 atom stereocenters. The third kappa shape index (κ3) is 6.35. The number of terminal acetylenes is 1. The van der Waals surface area contributed by atoms with Crippen molar-refractivity contribution in [1.29, 1.82) is 0 Å². The lowest BCUT2D eigenvalue weighted by Gasteiger charge is -2.13. The van der Waals surface area contributed by atoms with Gasteiger partial charge in [-0.3, -0.25) is 0 Å². The number of carbonyl (C=O) groups excluding carboxylic acids is 1. The Hall–Kier alpha value is -1.74. The Morgan fingerprint density at radius 1 is 1.60 bits per heavy atom. The number of urea groups is 1. The molecule has 0 aliphatic heterocycles. The largest absolute Gasteiger partial charge is 0.480 e. The van der Waals surface area contributed by atoms with Crippen LogP contribution in [0.15, 0.2) is 0 Å². The third-order valence-electron chi connectivity index (χ3n) is 1.57. The first kappa shape index (κ1) is 13.3. The molecule has 0 saturated heterocycles. The van der Waals surface area contributed by atoms with Crippen molar-refractivity contribution in [2.75, 3.05) is 20.3 Å². The second kappa shape index (κ2) is 7.64. The van der Waals surface area contributed by atoms with Gasteiger partial charge in [0.15, 0.2) is 0 Å². The number of hydrogen-bond donors (Lipinski definition) is 3. The normalized spacial score (nSPS) is 11.2. The summed E-state index contributed by atoms with van der Waals surface area (Å²) in [6.07, 6.45) is 5.12. The Labute approximate surface area is 88.0 Å². The van der Waals surface area contributed by atoms with Crippen molar-refractivity contribution >= 4 is 12.0 Å². The van der Waals surface area contributed by atoms with Crippen LogP contribution in [0.4, 0.5) is 4.79 Å². The Kier molecular flexibility index (Phi) is 6.76. The Balaban J connectivity index is 3.99. The Morgan fingerprint density at radius 3 is 2.73 bits per heavy atom. The minimum absolute atomic E-state index is 0.0580. The number of carboxylic acid groups (broad SMARTS) is 1. The fourth-order valence-corrected chi connectivity index (χ4v) is 0.834. The lowest BCUT2D eigenvalue weighted by molar-refractivity contribution is -0.139. The number of nitrogens with one attached hydrogen (secondary N) is 2. The standard InChI is InChI=1S/C9H14N2O4/c1-3-5-10-9(14)11-7(8(12)13)4-6-15-2/h1,7H,4-6H2,2H3,(H,12,13)(H2,10,11,14). The van der Waals surface area contributed by atoms with E-state index in [4.69, 9.17) is 16.3 Å². The van der Waals surface area contributed by atoms with Gasteiger partial charge >= 0.3 is 12.0 Å². The zero-order chi connectivity index (χ0) is 11.7. The molecule has 0 bridgehead atoms. The fraction of sp³-hybridized carbons (Fsp3) is 0.556. The number of methoxy groups -OCH3 is 1. The van der Waals surface area contributed by atoms with E-state index in [9.17, 15) is 9.59 Å². The molecular formula is C9H14N2O4. The minimum Gasteiger partial charge on any atom is -0.480 e. The van der Waals surface area contributed by atoms with Gasteiger partial charge < -0.3 is 20.5 Å². The van der Waals surface area contributed by atoms with Crippen LogP contribution in [0.2, 0.25) is 0 Å². The zero-order valence-corrected chi connectivity index (χ0v) is 8.45. The van der Waals surface area contributed by atoms with Crippen LogP contribution in [-0.4, -0.2) is 43.4 Å². The monoisotopic (exact) mass is 214 g/mol. The number of carboxylic acids is 1. The van der Waals surface area contributed by atoms with Gasteiger partial charge in [-0.1, -0.05) is 5.92 Å². The smallest absolute Gasteiger partial charge is 0.326 e. The average molecular weight is 214 g/mol.